The van der Waals surface area contributed by atoms with Crippen molar-refractivity contribution < 1.29 is 4.79 Å². The van der Waals surface area contributed by atoms with E-state index in [4.69, 9.17) is 23.2 Å². The van der Waals surface area contributed by atoms with Gasteiger partial charge in [0.1, 0.15) is 0 Å². The van der Waals surface area contributed by atoms with E-state index in [1.54, 1.807) is 24.3 Å². The molecule has 1 aromatic rings. The first-order valence-corrected chi connectivity index (χ1v) is 8.94. The molecule has 0 aromatic heterocycles. The van der Waals surface area contributed by atoms with Crippen LogP contribution in [0.5, 0.6) is 0 Å². The molecule has 3 nitrogen and oxygen atoms in total. The van der Waals surface area contributed by atoms with Crippen molar-refractivity contribution in [2.75, 3.05) is 13.1 Å². The minimum absolute atomic E-state index is 0.208. The number of halogens is 2. The van der Waals surface area contributed by atoms with Gasteiger partial charge < -0.3 is 4.90 Å². The van der Waals surface area contributed by atoms with Gasteiger partial charge in [0.05, 0.1) is 4.91 Å². The molecular formula is C16H16Cl2N2OS. The van der Waals surface area contributed by atoms with E-state index in [1.807, 2.05) is 0 Å². The topological polar surface area (TPSA) is 32.7 Å². The molecule has 0 unspecified atom stereocenters. The van der Waals surface area contributed by atoms with Crippen LogP contribution in [0.4, 0.5) is 0 Å². The van der Waals surface area contributed by atoms with Gasteiger partial charge in [-0.15, -0.1) is 0 Å². The Kier molecular flexibility index (Phi) is 5.11. The minimum Gasteiger partial charge on any atom is -0.351 e. The molecule has 0 aliphatic carbocycles. The molecular weight excluding hydrogens is 339 g/mol. The molecule has 0 bridgehead atoms. The molecule has 6 heteroatoms. The molecule has 0 N–H and O–H groups in total. The normalized spacial score (nSPS) is 21.2. The van der Waals surface area contributed by atoms with Gasteiger partial charge in [0.25, 0.3) is 5.91 Å². The standard InChI is InChI=1S/C16H16Cl2N2OS/c17-12-6-5-7-13(18)11(12)10-14-15(21)19-16(22-14)20-8-3-1-2-4-9-20/h5-7,10H,1-4,8-9H2/b14-10-. The summed E-state index contributed by atoms with van der Waals surface area (Å²) >= 11 is 13.7. The van der Waals surface area contributed by atoms with Gasteiger partial charge in [-0.25, -0.2) is 0 Å². The number of hydrogen-bond acceptors (Lipinski definition) is 3. The van der Waals surface area contributed by atoms with Crippen molar-refractivity contribution in [3.05, 3.63) is 38.7 Å². The van der Waals surface area contributed by atoms with Crippen LogP contribution < -0.4 is 0 Å². The predicted octanol–water partition coefficient (Wildman–Crippen LogP) is 4.84. The molecule has 22 heavy (non-hydrogen) atoms. The summed E-state index contributed by atoms with van der Waals surface area (Å²) in [5.41, 5.74) is 0.675. The number of aliphatic imine (C=N–C) groups is 1. The molecule has 1 saturated heterocycles. The molecule has 0 spiro atoms. The number of amidine groups is 1. The zero-order valence-corrected chi connectivity index (χ0v) is 14.3. The van der Waals surface area contributed by atoms with Gasteiger partial charge in [-0.2, -0.15) is 4.99 Å². The monoisotopic (exact) mass is 354 g/mol. The Morgan fingerprint density at radius 1 is 1.09 bits per heavy atom. The van der Waals surface area contributed by atoms with Crippen molar-refractivity contribution in [1.82, 2.24) is 4.90 Å². The summed E-state index contributed by atoms with van der Waals surface area (Å²) in [4.78, 5) is 19.1. The average Bonchev–Trinajstić information content (AvgIpc) is 2.71. The molecule has 1 amide bonds. The van der Waals surface area contributed by atoms with Crippen LogP contribution in [0.15, 0.2) is 28.1 Å². The van der Waals surface area contributed by atoms with E-state index < -0.39 is 0 Å². The number of carbonyl (C=O) groups excluding carboxylic acids is 1. The van der Waals surface area contributed by atoms with Crippen LogP contribution in [0, 0.1) is 0 Å². The highest BCUT2D eigenvalue weighted by molar-refractivity contribution is 8.18. The minimum atomic E-state index is -0.208. The van der Waals surface area contributed by atoms with Crippen LogP contribution in [0.3, 0.4) is 0 Å². The molecule has 0 saturated carbocycles. The summed E-state index contributed by atoms with van der Waals surface area (Å²) in [6.07, 6.45) is 6.55. The summed E-state index contributed by atoms with van der Waals surface area (Å²) in [7, 11) is 0. The second-order valence-corrected chi connectivity index (χ2v) is 7.17. The maximum atomic E-state index is 12.2. The third-order valence-electron chi connectivity index (χ3n) is 3.76. The van der Waals surface area contributed by atoms with Crippen molar-refractivity contribution in [1.29, 1.82) is 0 Å². The van der Waals surface area contributed by atoms with E-state index in [-0.39, 0.29) is 5.91 Å². The first-order valence-electron chi connectivity index (χ1n) is 7.36. The zero-order chi connectivity index (χ0) is 15.5. The largest absolute Gasteiger partial charge is 0.351 e. The molecule has 3 rings (SSSR count). The first kappa shape index (κ1) is 15.9. The van der Waals surface area contributed by atoms with Crippen molar-refractivity contribution in [2.24, 2.45) is 4.99 Å². The smallest absolute Gasteiger partial charge is 0.286 e. The number of benzene rings is 1. The van der Waals surface area contributed by atoms with Gasteiger partial charge in [-0.3, -0.25) is 4.79 Å². The van der Waals surface area contributed by atoms with Crippen LogP contribution in [-0.4, -0.2) is 29.1 Å². The molecule has 2 aliphatic heterocycles. The van der Waals surface area contributed by atoms with Gasteiger partial charge >= 0.3 is 0 Å². The van der Waals surface area contributed by atoms with Crippen LogP contribution in [0.2, 0.25) is 10.0 Å². The Balaban J connectivity index is 1.81. The second kappa shape index (κ2) is 7.07. The van der Waals surface area contributed by atoms with Gasteiger partial charge in [0.2, 0.25) is 0 Å². The van der Waals surface area contributed by atoms with Gasteiger partial charge in [-0.1, -0.05) is 42.1 Å². The highest BCUT2D eigenvalue weighted by atomic mass is 35.5. The van der Waals surface area contributed by atoms with Crippen molar-refractivity contribution in [2.45, 2.75) is 25.7 Å². The van der Waals surface area contributed by atoms with E-state index in [0.29, 0.717) is 20.5 Å². The number of likely N-dealkylation sites (tertiary alicyclic amines) is 1. The number of carbonyl (C=O) groups is 1. The third-order valence-corrected chi connectivity index (χ3v) is 5.46. The highest BCUT2D eigenvalue weighted by Gasteiger charge is 2.26. The number of thioether (sulfide) groups is 1. The summed E-state index contributed by atoms with van der Waals surface area (Å²) in [6, 6.07) is 5.32. The van der Waals surface area contributed by atoms with E-state index in [1.165, 1.54) is 24.6 Å². The summed E-state index contributed by atoms with van der Waals surface area (Å²) in [5, 5.41) is 1.88. The number of hydrogen-bond donors (Lipinski definition) is 0. The Morgan fingerprint density at radius 2 is 1.73 bits per heavy atom. The summed E-state index contributed by atoms with van der Waals surface area (Å²) < 4.78 is 0. The molecule has 2 aliphatic rings. The van der Waals surface area contributed by atoms with Crippen molar-refractivity contribution >= 4 is 52.1 Å². The van der Waals surface area contributed by atoms with Gasteiger partial charge in [0, 0.05) is 28.7 Å². The average molecular weight is 355 g/mol. The number of amides is 1. The van der Waals surface area contributed by atoms with E-state index in [2.05, 4.69) is 9.89 Å². The fourth-order valence-corrected chi connectivity index (χ4v) is 4.03. The molecule has 0 radical (unpaired) electrons. The Morgan fingerprint density at radius 3 is 2.36 bits per heavy atom. The Bertz CT molecular complexity index is 629. The third kappa shape index (κ3) is 3.50. The van der Waals surface area contributed by atoms with Crippen LogP contribution in [0.1, 0.15) is 31.2 Å². The Labute approximate surface area is 144 Å². The zero-order valence-electron chi connectivity index (χ0n) is 12.0. The number of nitrogens with zero attached hydrogens (tertiary/aromatic N) is 2. The second-order valence-electron chi connectivity index (χ2n) is 5.35. The quantitative estimate of drug-likeness (QED) is 0.676. The first-order chi connectivity index (χ1) is 10.6. The van der Waals surface area contributed by atoms with Crippen LogP contribution in [-0.2, 0) is 4.79 Å². The molecule has 1 fully saturated rings. The van der Waals surface area contributed by atoms with Gasteiger partial charge in [-0.05, 0) is 42.8 Å². The molecule has 116 valence electrons. The van der Waals surface area contributed by atoms with Gasteiger partial charge in [0.15, 0.2) is 5.17 Å². The molecule has 0 atom stereocenters. The molecule has 2 heterocycles. The SMILES string of the molecule is O=C1N=C(N2CCCCCC2)S/C1=C\c1c(Cl)cccc1Cl. The summed E-state index contributed by atoms with van der Waals surface area (Å²) in [5.74, 6) is -0.208. The lowest BCUT2D eigenvalue weighted by Crippen LogP contribution is -2.28. The van der Waals surface area contributed by atoms with Crippen molar-refractivity contribution in [3.8, 4) is 0 Å². The lowest BCUT2D eigenvalue weighted by molar-refractivity contribution is -0.113. The maximum Gasteiger partial charge on any atom is 0.286 e. The van der Waals surface area contributed by atoms with Crippen LogP contribution >= 0.6 is 35.0 Å². The van der Waals surface area contributed by atoms with E-state index in [9.17, 15) is 4.79 Å². The number of rotatable bonds is 1. The van der Waals surface area contributed by atoms with Crippen molar-refractivity contribution in [3.63, 3.8) is 0 Å². The lowest BCUT2D eigenvalue weighted by atomic mass is 10.2. The fraction of sp³-hybridized carbons (Fsp3) is 0.375. The highest BCUT2D eigenvalue weighted by Crippen LogP contribution is 2.34. The van der Waals surface area contributed by atoms with E-state index >= 15 is 0 Å². The lowest BCUT2D eigenvalue weighted by Gasteiger charge is -2.20. The fourth-order valence-electron chi connectivity index (χ4n) is 2.57. The maximum absolute atomic E-state index is 12.2. The Hall–Kier alpha value is -0.970. The predicted molar refractivity (Wildman–Crippen MR) is 94.5 cm³/mol. The summed E-state index contributed by atoms with van der Waals surface area (Å²) in [6.45, 7) is 1.94. The van der Waals surface area contributed by atoms with Crippen LogP contribution in [0.25, 0.3) is 6.08 Å². The molecule has 1 aromatic carbocycles. The van der Waals surface area contributed by atoms with E-state index in [0.717, 1.165) is 31.1 Å².